The zero-order valence-corrected chi connectivity index (χ0v) is 18.9. The number of aromatic nitrogens is 1. The molecule has 3 aromatic rings. The molecular weight excluding hydrogens is 409 g/mol. The second kappa shape index (κ2) is 7.76. The average Bonchev–Trinajstić information content (AvgIpc) is 2.71. The topological polar surface area (TPSA) is 79.7 Å². The van der Waals surface area contributed by atoms with Crippen molar-refractivity contribution in [3.8, 4) is 22.8 Å². The van der Waals surface area contributed by atoms with Gasteiger partial charge in [0.15, 0.2) is 0 Å². The minimum Gasteiger partial charge on any atom is -0.508 e. The molecule has 0 saturated heterocycles. The molecule has 1 fully saturated rings. The van der Waals surface area contributed by atoms with E-state index in [1.165, 1.54) is 6.07 Å². The largest absolute Gasteiger partial charge is 0.508 e. The van der Waals surface area contributed by atoms with E-state index >= 15 is 0 Å². The number of rotatable bonds is 5. The minimum atomic E-state index is -0.824. The van der Waals surface area contributed by atoms with Crippen LogP contribution in [0.25, 0.3) is 21.9 Å². The highest BCUT2D eigenvalue weighted by atomic mass is 19.1. The van der Waals surface area contributed by atoms with Gasteiger partial charge in [-0.05, 0) is 66.1 Å². The lowest BCUT2D eigenvalue weighted by molar-refractivity contribution is -0.165. The van der Waals surface area contributed by atoms with Crippen LogP contribution in [-0.4, -0.2) is 27.3 Å². The predicted octanol–water partition coefficient (Wildman–Crippen LogP) is 6.06. The SMILES string of the molecule is Cc1cc(-c2c(C(C)C)nc(O[C@@H]3C[C@H](C(=O)O)C3(C)C)c3cc(O)ccc23)ccc1F. The number of benzene rings is 2. The van der Waals surface area contributed by atoms with Crippen LogP contribution < -0.4 is 4.74 Å². The van der Waals surface area contributed by atoms with Crippen molar-refractivity contribution < 1.29 is 24.1 Å². The number of carboxylic acid groups (broad SMARTS) is 1. The first-order valence-corrected chi connectivity index (χ1v) is 10.8. The molecule has 2 N–H and O–H groups in total. The number of aromatic hydroxyl groups is 1. The summed E-state index contributed by atoms with van der Waals surface area (Å²) in [5.74, 6) is -1.05. The predicted molar refractivity (Wildman–Crippen MR) is 122 cm³/mol. The summed E-state index contributed by atoms with van der Waals surface area (Å²) in [6.07, 6.45) is 0.0980. The first-order valence-electron chi connectivity index (χ1n) is 10.8. The molecule has 0 radical (unpaired) electrons. The van der Waals surface area contributed by atoms with Crippen LogP contribution in [0.15, 0.2) is 36.4 Å². The average molecular weight is 438 g/mol. The third-order valence-corrected chi connectivity index (χ3v) is 6.70. The molecule has 2 aromatic carbocycles. The summed E-state index contributed by atoms with van der Waals surface area (Å²) >= 11 is 0. The van der Waals surface area contributed by atoms with Gasteiger partial charge in [-0.3, -0.25) is 4.79 Å². The van der Waals surface area contributed by atoms with Crippen LogP contribution >= 0.6 is 0 Å². The van der Waals surface area contributed by atoms with Crippen molar-refractivity contribution in [1.29, 1.82) is 0 Å². The number of aliphatic carboxylic acids is 1. The second-order valence-electron chi connectivity index (χ2n) is 9.58. The number of carbonyl (C=O) groups is 1. The number of aryl methyl sites for hydroxylation is 1. The van der Waals surface area contributed by atoms with E-state index < -0.39 is 17.3 Å². The van der Waals surface area contributed by atoms with E-state index in [0.717, 1.165) is 22.2 Å². The number of phenols is 1. The van der Waals surface area contributed by atoms with Crippen molar-refractivity contribution in [3.05, 3.63) is 53.5 Å². The molecule has 0 amide bonds. The second-order valence-corrected chi connectivity index (χ2v) is 9.58. The van der Waals surface area contributed by atoms with Crippen LogP contribution in [-0.2, 0) is 4.79 Å². The standard InChI is InChI=1S/C26H28FNO4/c1-13(2)23-22(15-6-9-20(27)14(3)10-15)17-8-7-16(29)11-18(17)24(28-23)32-21-12-19(25(30)31)26(21,4)5/h6-11,13,19,21,29H,12H2,1-5H3,(H,30,31)/t19-,21-/m1/s1. The zero-order chi connectivity index (χ0) is 23.4. The van der Waals surface area contributed by atoms with Crippen molar-refractivity contribution in [2.24, 2.45) is 11.3 Å². The number of halogens is 1. The van der Waals surface area contributed by atoms with Crippen molar-refractivity contribution in [2.45, 2.75) is 53.1 Å². The molecule has 6 heteroatoms. The Labute approximate surface area is 186 Å². The van der Waals surface area contributed by atoms with Crippen LogP contribution in [0, 0.1) is 24.1 Å². The smallest absolute Gasteiger partial charge is 0.307 e. The lowest BCUT2D eigenvalue weighted by atomic mass is 9.60. The van der Waals surface area contributed by atoms with Gasteiger partial charge in [0.1, 0.15) is 17.7 Å². The van der Waals surface area contributed by atoms with Gasteiger partial charge in [-0.25, -0.2) is 9.37 Å². The fourth-order valence-electron chi connectivity index (χ4n) is 4.54. The molecule has 168 valence electrons. The summed E-state index contributed by atoms with van der Waals surface area (Å²) in [7, 11) is 0. The first-order chi connectivity index (χ1) is 15.0. The van der Waals surface area contributed by atoms with E-state index in [-0.39, 0.29) is 23.6 Å². The lowest BCUT2D eigenvalue weighted by Crippen LogP contribution is -2.55. The molecule has 0 aliphatic heterocycles. The van der Waals surface area contributed by atoms with Gasteiger partial charge in [-0.15, -0.1) is 0 Å². The highest BCUT2D eigenvalue weighted by molar-refractivity contribution is 6.01. The van der Waals surface area contributed by atoms with E-state index in [1.54, 1.807) is 31.2 Å². The molecule has 1 aliphatic rings. The van der Waals surface area contributed by atoms with Gasteiger partial charge in [0.05, 0.1) is 11.6 Å². The zero-order valence-electron chi connectivity index (χ0n) is 18.9. The molecule has 0 spiro atoms. The van der Waals surface area contributed by atoms with E-state index in [1.807, 2.05) is 33.8 Å². The van der Waals surface area contributed by atoms with Crippen molar-refractivity contribution in [2.75, 3.05) is 0 Å². The fraction of sp³-hybridized carbons (Fsp3) is 0.385. The Balaban J connectivity index is 1.90. The number of phenolic OH excluding ortho intramolecular Hbond substituents is 1. The molecule has 2 atom stereocenters. The maximum atomic E-state index is 13.9. The Kier molecular flexibility index (Phi) is 5.35. The third kappa shape index (κ3) is 3.57. The fourth-order valence-corrected chi connectivity index (χ4v) is 4.54. The quantitative estimate of drug-likeness (QED) is 0.507. The maximum Gasteiger partial charge on any atom is 0.307 e. The summed E-state index contributed by atoms with van der Waals surface area (Å²) < 4.78 is 20.2. The van der Waals surface area contributed by atoms with Crippen molar-refractivity contribution in [3.63, 3.8) is 0 Å². The van der Waals surface area contributed by atoms with Gasteiger partial charge in [0.25, 0.3) is 0 Å². The summed E-state index contributed by atoms with van der Waals surface area (Å²) in [4.78, 5) is 16.4. The van der Waals surface area contributed by atoms with Gasteiger partial charge in [-0.2, -0.15) is 0 Å². The maximum absolute atomic E-state index is 13.9. The number of pyridine rings is 1. The normalized spacial score (nSPS) is 19.7. The van der Waals surface area contributed by atoms with Gasteiger partial charge < -0.3 is 14.9 Å². The Hall–Kier alpha value is -3.15. The molecule has 1 aliphatic carbocycles. The molecule has 0 unspecified atom stereocenters. The molecule has 1 aromatic heterocycles. The first kappa shape index (κ1) is 22.1. The molecule has 5 nitrogen and oxygen atoms in total. The molecule has 1 saturated carbocycles. The Morgan fingerprint density at radius 3 is 2.50 bits per heavy atom. The molecular formula is C26H28FNO4. The number of fused-ring (bicyclic) bond motifs is 1. The van der Waals surface area contributed by atoms with Crippen LogP contribution in [0.1, 0.15) is 51.3 Å². The Morgan fingerprint density at radius 1 is 1.19 bits per heavy atom. The Morgan fingerprint density at radius 2 is 1.91 bits per heavy atom. The third-order valence-electron chi connectivity index (χ3n) is 6.70. The highest BCUT2D eigenvalue weighted by Gasteiger charge is 2.54. The molecule has 32 heavy (non-hydrogen) atoms. The Bertz CT molecular complexity index is 1220. The molecule has 0 bridgehead atoms. The lowest BCUT2D eigenvalue weighted by Gasteiger charge is -2.48. The summed E-state index contributed by atoms with van der Waals surface area (Å²) in [5.41, 5.74) is 2.52. The molecule has 1 heterocycles. The van der Waals surface area contributed by atoms with Crippen LogP contribution in [0.5, 0.6) is 11.6 Å². The van der Waals surface area contributed by atoms with Gasteiger partial charge in [0, 0.05) is 16.4 Å². The number of hydrogen-bond donors (Lipinski definition) is 2. The monoisotopic (exact) mass is 437 g/mol. The van der Waals surface area contributed by atoms with Crippen molar-refractivity contribution >= 4 is 16.7 Å². The van der Waals surface area contributed by atoms with Crippen molar-refractivity contribution in [1.82, 2.24) is 4.98 Å². The highest BCUT2D eigenvalue weighted by Crippen LogP contribution is 2.49. The van der Waals surface area contributed by atoms with Gasteiger partial charge >= 0.3 is 5.97 Å². The number of ether oxygens (including phenoxy) is 1. The minimum absolute atomic E-state index is 0.0529. The summed E-state index contributed by atoms with van der Waals surface area (Å²) in [5, 5.41) is 21.1. The van der Waals surface area contributed by atoms with Gasteiger partial charge in [0.2, 0.25) is 5.88 Å². The van der Waals surface area contributed by atoms with E-state index in [9.17, 15) is 19.4 Å². The van der Waals surface area contributed by atoms with Crippen LogP contribution in [0.4, 0.5) is 4.39 Å². The summed E-state index contributed by atoms with van der Waals surface area (Å²) in [6.45, 7) is 9.57. The van der Waals surface area contributed by atoms with Gasteiger partial charge in [-0.1, -0.05) is 33.8 Å². The van der Waals surface area contributed by atoms with E-state index in [4.69, 9.17) is 9.72 Å². The number of carboxylic acids is 1. The summed E-state index contributed by atoms with van der Waals surface area (Å²) in [6, 6.07) is 10.0. The molecule has 4 rings (SSSR count). The van der Waals surface area contributed by atoms with E-state index in [2.05, 4.69) is 0 Å². The van der Waals surface area contributed by atoms with E-state index in [0.29, 0.717) is 23.3 Å². The van der Waals surface area contributed by atoms with Crippen LogP contribution in [0.2, 0.25) is 0 Å². The number of hydrogen-bond acceptors (Lipinski definition) is 4. The number of nitrogens with zero attached hydrogens (tertiary/aromatic N) is 1. The van der Waals surface area contributed by atoms with Crippen LogP contribution in [0.3, 0.4) is 0 Å².